The van der Waals surface area contributed by atoms with Gasteiger partial charge in [-0.25, -0.2) is 9.98 Å². The Bertz CT molecular complexity index is 848. The highest BCUT2D eigenvalue weighted by Crippen LogP contribution is 2.35. The summed E-state index contributed by atoms with van der Waals surface area (Å²) in [6.07, 6.45) is 3.53. The van der Waals surface area contributed by atoms with E-state index in [1.807, 2.05) is 44.2 Å². The molecule has 1 saturated heterocycles. The summed E-state index contributed by atoms with van der Waals surface area (Å²) < 4.78 is 0. The number of aryl methyl sites for hydroxylation is 1. The second kappa shape index (κ2) is 7.20. The molecule has 1 amide bonds. The van der Waals surface area contributed by atoms with Crippen LogP contribution in [-0.4, -0.2) is 27.5 Å². The summed E-state index contributed by atoms with van der Waals surface area (Å²) in [6, 6.07) is 11.5. The smallest absolute Gasteiger partial charge is 0.266 e. The number of likely N-dealkylation sites (N-methyl/N-ethyl adjacent to an activating group) is 1. The highest BCUT2D eigenvalue weighted by Gasteiger charge is 2.32. The van der Waals surface area contributed by atoms with Crippen LogP contribution >= 0.6 is 23.4 Å². The number of amidine groups is 1. The molecule has 0 atom stereocenters. The van der Waals surface area contributed by atoms with Crippen LogP contribution < -0.4 is 0 Å². The molecule has 4 nitrogen and oxygen atoms in total. The maximum Gasteiger partial charge on any atom is 0.266 e. The normalized spacial score (nSPS) is 18.0. The molecule has 0 saturated carbocycles. The molecular formula is C18H16ClN3OS. The molecule has 0 spiro atoms. The Morgan fingerprint density at radius 2 is 2.08 bits per heavy atom. The first-order valence-corrected chi connectivity index (χ1v) is 8.76. The minimum Gasteiger partial charge on any atom is -0.287 e. The number of carbonyl (C=O) groups excluding carboxylic acids is 1. The molecule has 0 N–H and O–H groups in total. The molecule has 0 radical (unpaired) electrons. The molecule has 24 heavy (non-hydrogen) atoms. The van der Waals surface area contributed by atoms with Gasteiger partial charge in [-0.2, -0.15) is 0 Å². The van der Waals surface area contributed by atoms with Crippen molar-refractivity contribution in [3.05, 3.63) is 63.8 Å². The summed E-state index contributed by atoms with van der Waals surface area (Å²) in [5.74, 6) is -0.0375. The molecule has 1 aromatic carbocycles. The Balaban J connectivity index is 1.98. The third kappa shape index (κ3) is 3.37. The number of thioether (sulfide) groups is 1. The predicted molar refractivity (Wildman–Crippen MR) is 100 cm³/mol. The lowest BCUT2D eigenvalue weighted by atomic mass is 10.1. The van der Waals surface area contributed by atoms with Gasteiger partial charge in [0.2, 0.25) is 0 Å². The van der Waals surface area contributed by atoms with E-state index in [-0.39, 0.29) is 5.91 Å². The van der Waals surface area contributed by atoms with E-state index in [1.54, 1.807) is 23.2 Å². The van der Waals surface area contributed by atoms with E-state index in [9.17, 15) is 4.79 Å². The third-order valence-corrected chi connectivity index (χ3v) is 4.93. The van der Waals surface area contributed by atoms with E-state index in [0.717, 1.165) is 11.1 Å². The zero-order valence-corrected chi connectivity index (χ0v) is 14.9. The number of aliphatic imine (C=N–C) groups is 1. The van der Waals surface area contributed by atoms with E-state index in [4.69, 9.17) is 11.6 Å². The van der Waals surface area contributed by atoms with E-state index in [0.29, 0.717) is 27.5 Å². The lowest BCUT2D eigenvalue weighted by Gasteiger charge is -2.12. The first kappa shape index (κ1) is 16.7. The second-order valence-corrected chi connectivity index (χ2v) is 6.59. The van der Waals surface area contributed by atoms with Gasteiger partial charge >= 0.3 is 0 Å². The number of hydrogen-bond donors (Lipinski definition) is 0. The Morgan fingerprint density at radius 3 is 2.79 bits per heavy atom. The second-order valence-electron chi connectivity index (χ2n) is 5.22. The van der Waals surface area contributed by atoms with Crippen molar-refractivity contribution in [2.24, 2.45) is 4.99 Å². The van der Waals surface area contributed by atoms with Crippen LogP contribution in [0.15, 0.2) is 52.5 Å². The van der Waals surface area contributed by atoms with Gasteiger partial charge in [-0.3, -0.25) is 9.69 Å². The highest BCUT2D eigenvalue weighted by atomic mass is 35.5. The number of rotatable bonds is 3. The molecule has 1 aliphatic rings. The van der Waals surface area contributed by atoms with Crippen LogP contribution in [0.4, 0.5) is 5.69 Å². The topological polar surface area (TPSA) is 45.6 Å². The lowest BCUT2D eigenvalue weighted by Crippen LogP contribution is -2.28. The van der Waals surface area contributed by atoms with Gasteiger partial charge in [-0.05, 0) is 54.9 Å². The quantitative estimate of drug-likeness (QED) is 0.592. The molecule has 0 bridgehead atoms. The maximum absolute atomic E-state index is 12.6. The van der Waals surface area contributed by atoms with Crippen LogP contribution in [-0.2, 0) is 4.79 Å². The van der Waals surface area contributed by atoms with Gasteiger partial charge in [-0.1, -0.05) is 35.9 Å². The monoisotopic (exact) mass is 357 g/mol. The summed E-state index contributed by atoms with van der Waals surface area (Å²) in [7, 11) is 0. The molecule has 0 unspecified atom stereocenters. The SMILES string of the molecule is CCN1C(=O)/C(=C/c2ccccc2C)SC1=Nc1cccnc1Cl. The van der Waals surface area contributed by atoms with Crippen molar-refractivity contribution >= 4 is 46.2 Å². The van der Waals surface area contributed by atoms with Crippen molar-refractivity contribution in [3.63, 3.8) is 0 Å². The van der Waals surface area contributed by atoms with Crippen molar-refractivity contribution in [1.29, 1.82) is 0 Å². The van der Waals surface area contributed by atoms with Crippen LogP contribution in [0.2, 0.25) is 5.15 Å². The van der Waals surface area contributed by atoms with Gasteiger partial charge in [-0.15, -0.1) is 0 Å². The van der Waals surface area contributed by atoms with Gasteiger partial charge in [0.25, 0.3) is 5.91 Å². The molecule has 1 fully saturated rings. The Kier molecular flexibility index (Phi) is 5.02. The standard InChI is InChI=1S/C18H16ClN3OS/c1-3-22-17(23)15(11-13-8-5-4-7-12(13)2)24-18(22)21-14-9-6-10-20-16(14)19/h4-11H,3H2,1-2H3/b15-11-,21-18?. The number of nitrogens with zero attached hydrogens (tertiary/aromatic N) is 3. The third-order valence-electron chi connectivity index (χ3n) is 3.63. The van der Waals surface area contributed by atoms with Gasteiger partial charge in [0.1, 0.15) is 5.69 Å². The minimum atomic E-state index is -0.0375. The van der Waals surface area contributed by atoms with Crippen molar-refractivity contribution in [3.8, 4) is 0 Å². The maximum atomic E-state index is 12.6. The average Bonchev–Trinajstić information content (AvgIpc) is 2.87. The highest BCUT2D eigenvalue weighted by molar-refractivity contribution is 8.18. The predicted octanol–water partition coefficient (Wildman–Crippen LogP) is 4.67. The molecule has 2 aromatic rings. The zero-order chi connectivity index (χ0) is 17.1. The largest absolute Gasteiger partial charge is 0.287 e. The number of benzene rings is 1. The van der Waals surface area contributed by atoms with E-state index in [1.165, 1.54) is 11.8 Å². The molecule has 1 aliphatic heterocycles. The molecule has 3 rings (SSSR count). The Labute approximate surface area is 150 Å². The molecular weight excluding hydrogens is 342 g/mol. The molecule has 122 valence electrons. The Hall–Kier alpha value is -2.11. The fraction of sp³-hybridized carbons (Fsp3) is 0.167. The van der Waals surface area contributed by atoms with Crippen molar-refractivity contribution in [1.82, 2.24) is 9.88 Å². The summed E-state index contributed by atoms with van der Waals surface area (Å²) in [4.78, 5) is 23.5. The Morgan fingerprint density at radius 1 is 1.29 bits per heavy atom. The van der Waals surface area contributed by atoms with Crippen molar-refractivity contribution in [2.45, 2.75) is 13.8 Å². The van der Waals surface area contributed by atoms with Gasteiger partial charge in [0.15, 0.2) is 10.3 Å². The van der Waals surface area contributed by atoms with Crippen molar-refractivity contribution < 1.29 is 4.79 Å². The molecule has 1 aromatic heterocycles. The number of halogens is 1. The number of aromatic nitrogens is 1. The van der Waals surface area contributed by atoms with Gasteiger partial charge < -0.3 is 0 Å². The number of hydrogen-bond acceptors (Lipinski definition) is 4. The van der Waals surface area contributed by atoms with Gasteiger partial charge in [0.05, 0.1) is 4.91 Å². The number of carbonyl (C=O) groups is 1. The fourth-order valence-electron chi connectivity index (χ4n) is 2.32. The first-order valence-electron chi connectivity index (χ1n) is 7.56. The van der Waals surface area contributed by atoms with Crippen LogP contribution in [0, 0.1) is 6.92 Å². The zero-order valence-electron chi connectivity index (χ0n) is 13.4. The summed E-state index contributed by atoms with van der Waals surface area (Å²) in [5, 5.41) is 0.947. The molecule has 6 heteroatoms. The first-order chi connectivity index (χ1) is 11.6. The number of amides is 1. The van der Waals surface area contributed by atoms with E-state index in [2.05, 4.69) is 9.98 Å². The summed E-state index contributed by atoms with van der Waals surface area (Å²) >= 11 is 7.43. The minimum absolute atomic E-state index is 0.0375. The van der Waals surface area contributed by atoms with Crippen molar-refractivity contribution in [2.75, 3.05) is 6.54 Å². The van der Waals surface area contributed by atoms with E-state index >= 15 is 0 Å². The van der Waals surface area contributed by atoms with Crippen LogP contribution in [0.1, 0.15) is 18.1 Å². The lowest BCUT2D eigenvalue weighted by molar-refractivity contribution is -0.122. The summed E-state index contributed by atoms with van der Waals surface area (Å²) in [5.41, 5.74) is 2.72. The number of pyridine rings is 1. The molecule has 0 aliphatic carbocycles. The van der Waals surface area contributed by atoms with E-state index < -0.39 is 0 Å². The fourth-order valence-corrected chi connectivity index (χ4v) is 3.53. The summed E-state index contributed by atoms with van der Waals surface area (Å²) in [6.45, 7) is 4.50. The van der Waals surface area contributed by atoms with Crippen LogP contribution in [0.5, 0.6) is 0 Å². The van der Waals surface area contributed by atoms with Crippen LogP contribution in [0.3, 0.4) is 0 Å². The molecule has 2 heterocycles. The van der Waals surface area contributed by atoms with Crippen LogP contribution in [0.25, 0.3) is 6.08 Å². The van der Waals surface area contributed by atoms with Gasteiger partial charge in [0, 0.05) is 12.7 Å². The average molecular weight is 358 g/mol.